The molecule has 0 bridgehead atoms. The summed E-state index contributed by atoms with van der Waals surface area (Å²) < 4.78 is 22.2. The van der Waals surface area contributed by atoms with Crippen molar-refractivity contribution >= 4 is 19.1 Å². The van der Waals surface area contributed by atoms with Crippen LogP contribution in [0.25, 0.3) is 0 Å². The van der Waals surface area contributed by atoms with Gasteiger partial charge < -0.3 is 0 Å². The second-order valence-electron chi connectivity index (χ2n) is 3.25. The van der Waals surface area contributed by atoms with Crippen LogP contribution < -0.4 is 5.09 Å². The molecule has 8 heteroatoms. The molecule has 0 heterocycles. The summed E-state index contributed by atoms with van der Waals surface area (Å²) in [6.07, 6.45) is 0. The van der Waals surface area contributed by atoms with Crippen molar-refractivity contribution in [2.24, 2.45) is 0 Å². The fraction of sp³-hybridized carbons (Fsp3) is 0.400. The number of nitrogens with zero attached hydrogens (tertiary/aromatic N) is 1. The van der Waals surface area contributed by atoms with Gasteiger partial charge in [0.2, 0.25) is 0 Å². The Balaban J connectivity index is 2.81. The molecule has 0 saturated carbocycles. The number of benzene rings is 1. The van der Waals surface area contributed by atoms with Crippen LogP contribution in [0.4, 0.5) is 11.4 Å². The van der Waals surface area contributed by atoms with E-state index in [1.165, 1.54) is 24.3 Å². The van der Waals surface area contributed by atoms with Crippen LogP contribution >= 0.6 is 7.75 Å². The van der Waals surface area contributed by atoms with Gasteiger partial charge >= 0.3 is 7.75 Å². The van der Waals surface area contributed by atoms with E-state index < -0.39 is 12.7 Å². The highest BCUT2D eigenvalue weighted by Gasteiger charge is 2.23. The summed E-state index contributed by atoms with van der Waals surface area (Å²) in [5.41, 5.74) is 0.397. The molecule has 0 spiro atoms. The molecule has 0 aliphatic heterocycles. The smallest absolute Gasteiger partial charge is 0.293 e. The lowest BCUT2D eigenvalue weighted by Crippen LogP contribution is -2.04. The number of nitro benzene ring substituents is 1. The number of hydrogen-bond acceptors (Lipinski definition) is 5. The van der Waals surface area contributed by atoms with Gasteiger partial charge in [0.25, 0.3) is 5.69 Å². The molecule has 0 radical (unpaired) electrons. The standard InChI is InChI=1S/C10H15N2O5P/c1-3-16-18(15,17-4-2)11-9-5-7-10(8-6-9)12(13)14/h5-8H,3-4H2,1-2H3,(H,11,15). The molecule has 0 unspecified atom stereocenters. The average Bonchev–Trinajstić information content (AvgIpc) is 2.30. The predicted octanol–water partition coefficient (Wildman–Crippen LogP) is 3.19. The van der Waals surface area contributed by atoms with Crippen molar-refractivity contribution < 1.29 is 18.5 Å². The van der Waals surface area contributed by atoms with Crippen molar-refractivity contribution in [3.63, 3.8) is 0 Å². The first-order chi connectivity index (χ1) is 8.50. The van der Waals surface area contributed by atoms with Crippen molar-refractivity contribution in [3.8, 4) is 0 Å². The number of nitrogens with one attached hydrogen (secondary N) is 1. The molecule has 1 N–H and O–H groups in total. The molecule has 100 valence electrons. The van der Waals surface area contributed by atoms with E-state index in [0.717, 1.165) is 0 Å². The monoisotopic (exact) mass is 274 g/mol. The zero-order valence-corrected chi connectivity index (χ0v) is 11.1. The third kappa shape index (κ3) is 4.10. The molecule has 1 aromatic carbocycles. The lowest BCUT2D eigenvalue weighted by atomic mass is 10.3. The first-order valence-corrected chi connectivity index (χ1v) is 6.97. The first-order valence-electron chi connectivity index (χ1n) is 5.42. The topological polar surface area (TPSA) is 90.7 Å². The van der Waals surface area contributed by atoms with Crippen LogP contribution in [0, 0.1) is 10.1 Å². The summed E-state index contributed by atoms with van der Waals surface area (Å²) in [6.45, 7) is 3.86. The van der Waals surface area contributed by atoms with E-state index >= 15 is 0 Å². The number of non-ortho nitro benzene ring substituents is 1. The zero-order chi connectivity index (χ0) is 13.6. The molecule has 0 saturated heterocycles. The highest BCUT2D eigenvalue weighted by molar-refractivity contribution is 7.55. The Morgan fingerprint density at radius 2 is 1.72 bits per heavy atom. The van der Waals surface area contributed by atoms with Gasteiger partial charge in [0.05, 0.1) is 18.1 Å². The van der Waals surface area contributed by atoms with Crippen LogP contribution in [-0.2, 0) is 13.6 Å². The fourth-order valence-corrected chi connectivity index (χ4v) is 2.61. The largest absolute Gasteiger partial charge is 0.432 e. The van der Waals surface area contributed by atoms with Crippen molar-refractivity contribution in [1.29, 1.82) is 0 Å². The van der Waals surface area contributed by atoms with Crippen LogP contribution in [0.2, 0.25) is 0 Å². The van der Waals surface area contributed by atoms with Crippen LogP contribution in [-0.4, -0.2) is 18.1 Å². The van der Waals surface area contributed by atoms with E-state index in [1.807, 2.05) is 0 Å². The van der Waals surface area contributed by atoms with Gasteiger partial charge in [-0.3, -0.25) is 24.2 Å². The van der Waals surface area contributed by atoms with E-state index in [0.29, 0.717) is 5.69 Å². The van der Waals surface area contributed by atoms with Gasteiger partial charge in [-0.25, -0.2) is 4.57 Å². The maximum atomic E-state index is 12.1. The van der Waals surface area contributed by atoms with Gasteiger partial charge in [-0.15, -0.1) is 0 Å². The summed E-state index contributed by atoms with van der Waals surface area (Å²) in [7, 11) is -3.40. The second-order valence-corrected chi connectivity index (χ2v) is 4.98. The molecule has 0 aliphatic carbocycles. The minimum Gasteiger partial charge on any atom is -0.293 e. The SMILES string of the molecule is CCOP(=O)(Nc1ccc([N+](=O)[O-])cc1)OCC. The fourth-order valence-electron chi connectivity index (χ4n) is 1.26. The second kappa shape index (κ2) is 6.49. The van der Waals surface area contributed by atoms with Gasteiger partial charge in [0.1, 0.15) is 0 Å². The Hall–Kier alpha value is -1.43. The number of hydrogen-bond donors (Lipinski definition) is 1. The summed E-state index contributed by atoms with van der Waals surface area (Å²) in [6, 6.07) is 5.51. The summed E-state index contributed by atoms with van der Waals surface area (Å²) in [5, 5.41) is 13.1. The van der Waals surface area contributed by atoms with Crippen LogP contribution in [0.15, 0.2) is 24.3 Å². The molecule has 0 atom stereocenters. The number of nitro groups is 1. The molecule has 0 aliphatic rings. The van der Waals surface area contributed by atoms with E-state index in [1.54, 1.807) is 13.8 Å². The van der Waals surface area contributed by atoms with Gasteiger partial charge in [0.15, 0.2) is 0 Å². The van der Waals surface area contributed by atoms with Crippen molar-refractivity contribution in [3.05, 3.63) is 34.4 Å². The predicted molar refractivity (Wildman–Crippen MR) is 67.6 cm³/mol. The highest BCUT2D eigenvalue weighted by atomic mass is 31.2. The van der Waals surface area contributed by atoms with Crippen molar-refractivity contribution in [1.82, 2.24) is 0 Å². The maximum absolute atomic E-state index is 12.1. The normalized spacial score (nSPS) is 11.2. The molecule has 1 aromatic rings. The van der Waals surface area contributed by atoms with Crippen molar-refractivity contribution in [2.45, 2.75) is 13.8 Å². The molecule has 0 aromatic heterocycles. The quantitative estimate of drug-likeness (QED) is 0.466. The van der Waals surface area contributed by atoms with Crippen LogP contribution in [0.5, 0.6) is 0 Å². The molecule has 1 rings (SSSR count). The summed E-state index contributed by atoms with van der Waals surface area (Å²) >= 11 is 0. The zero-order valence-electron chi connectivity index (χ0n) is 10.2. The molecule has 0 fully saturated rings. The van der Waals surface area contributed by atoms with Gasteiger partial charge in [-0.05, 0) is 26.0 Å². The van der Waals surface area contributed by atoms with Gasteiger partial charge in [0, 0.05) is 17.8 Å². The van der Waals surface area contributed by atoms with E-state index in [4.69, 9.17) is 9.05 Å². The van der Waals surface area contributed by atoms with E-state index in [9.17, 15) is 14.7 Å². The number of rotatable bonds is 7. The van der Waals surface area contributed by atoms with Crippen LogP contribution in [0.3, 0.4) is 0 Å². The lowest BCUT2D eigenvalue weighted by molar-refractivity contribution is -0.384. The van der Waals surface area contributed by atoms with Crippen LogP contribution in [0.1, 0.15) is 13.8 Å². The summed E-state index contributed by atoms with van der Waals surface area (Å²) in [4.78, 5) is 9.98. The third-order valence-electron chi connectivity index (χ3n) is 1.94. The lowest BCUT2D eigenvalue weighted by Gasteiger charge is -2.18. The Kier molecular flexibility index (Phi) is 5.27. The molecular formula is C10H15N2O5P. The van der Waals surface area contributed by atoms with Gasteiger partial charge in [-0.2, -0.15) is 0 Å². The Morgan fingerprint density at radius 1 is 1.22 bits per heavy atom. The third-order valence-corrected chi connectivity index (χ3v) is 3.67. The summed E-state index contributed by atoms with van der Waals surface area (Å²) in [5.74, 6) is 0. The highest BCUT2D eigenvalue weighted by Crippen LogP contribution is 2.47. The minimum absolute atomic E-state index is 0.0387. The molecular weight excluding hydrogens is 259 g/mol. The Labute approximate surface area is 105 Å². The van der Waals surface area contributed by atoms with E-state index in [-0.39, 0.29) is 18.9 Å². The number of anilines is 1. The Bertz CT molecular complexity index is 438. The molecule has 18 heavy (non-hydrogen) atoms. The Morgan fingerprint density at radius 3 is 2.11 bits per heavy atom. The maximum Gasteiger partial charge on any atom is 0.432 e. The van der Waals surface area contributed by atoms with E-state index in [2.05, 4.69) is 5.09 Å². The van der Waals surface area contributed by atoms with Crippen molar-refractivity contribution in [2.75, 3.05) is 18.3 Å². The molecule has 0 amide bonds. The molecule has 7 nitrogen and oxygen atoms in total. The average molecular weight is 274 g/mol. The minimum atomic E-state index is -3.40. The first kappa shape index (κ1) is 14.6. The van der Waals surface area contributed by atoms with Gasteiger partial charge in [-0.1, -0.05) is 0 Å².